The summed E-state index contributed by atoms with van der Waals surface area (Å²) in [6.07, 6.45) is -1.67. The van der Waals surface area contributed by atoms with E-state index < -0.39 is 30.4 Å². The number of aliphatic hydroxyl groups is 4. The van der Waals surface area contributed by atoms with Gasteiger partial charge >= 0.3 is 11.9 Å². The van der Waals surface area contributed by atoms with Gasteiger partial charge in [0.1, 0.15) is 0 Å². The molecule has 1 aromatic rings. The van der Waals surface area contributed by atoms with Crippen molar-refractivity contribution in [2.24, 2.45) is 0 Å². The second-order valence-electron chi connectivity index (χ2n) is 4.99. The van der Waals surface area contributed by atoms with Crippen LogP contribution in [0.2, 0.25) is 0 Å². The van der Waals surface area contributed by atoms with Crippen molar-refractivity contribution in [2.45, 2.75) is 38.6 Å². The zero-order chi connectivity index (χ0) is 17.8. The molecule has 1 atom stereocenters. The number of anilines is 1. The summed E-state index contributed by atoms with van der Waals surface area (Å²) in [6.45, 7) is 2.31. The first-order valence-electron chi connectivity index (χ1n) is 7.11. The first kappa shape index (κ1) is 19.0. The van der Waals surface area contributed by atoms with Crippen LogP contribution in [0.5, 0.6) is 0 Å². The van der Waals surface area contributed by atoms with Gasteiger partial charge in [-0.25, -0.2) is 9.59 Å². The van der Waals surface area contributed by atoms with Gasteiger partial charge in [-0.15, -0.1) is 0 Å². The summed E-state index contributed by atoms with van der Waals surface area (Å²) in [5.41, 5.74) is 6.03. The Hall–Kier alpha value is -2.00. The van der Waals surface area contributed by atoms with Gasteiger partial charge in [0, 0.05) is 17.7 Å². The molecule has 0 heterocycles. The molecular formula is C15H21NO7. The Bertz CT molecular complexity index is 598. The molecule has 0 saturated carbocycles. The molecule has 0 aromatic heterocycles. The topological polar surface area (TPSA) is 150 Å². The largest absolute Gasteiger partial charge is 0.398 e. The van der Waals surface area contributed by atoms with Gasteiger partial charge in [-0.1, -0.05) is 13.8 Å². The summed E-state index contributed by atoms with van der Waals surface area (Å²) < 4.78 is 4.46. The maximum Gasteiger partial charge on any atom is 0.346 e. The number of rotatable bonds is 6. The average molecular weight is 327 g/mol. The third kappa shape index (κ3) is 4.05. The number of nitrogen functional groups attached to an aromatic ring is 1. The number of aliphatic hydroxyl groups excluding tert-OH is 2. The van der Waals surface area contributed by atoms with E-state index in [1.54, 1.807) is 6.92 Å². The Balaban J connectivity index is 3.36. The van der Waals surface area contributed by atoms with E-state index in [-0.39, 0.29) is 23.2 Å². The number of carbonyl (C=O) groups is 2. The number of ether oxygens (including phenoxy) is 1. The van der Waals surface area contributed by atoms with Crippen LogP contribution in [0.15, 0.2) is 12.1 Å². The van der Waals surface area contributed by atoms with Crippen LogP contribution in [0.25, 0.3) is 0 Å². The van der Waals surface area contributed by atoms with Gasteiger partial charge in [0.2, 0.25) is 0 Å². The minimum absolute atomic E-state index is 0.128. The fourth-order valence-electron chi connectivity index (χ4n) is 2.14. The molecule has 23 heavy (non-hydrogen) atoms. The van der Waals surface area contributed by atoms with Crippen LogP contribution < -0.4 is 5.73 Å². The molecule has 0 fully saturated rings. The lowest BCUT2D eigenvalue weighted by atomic mass is 9.90. The number of hydrogen-bond donors (Lipinski definition) is 5. The molecule has 0 spiro atoms. The highest BCUT2D eigenvalue weighted by Gasteiger charge is 2.34. The third-order valence-corrected chi connectivity index (χ3v) is 3.45. The Kier molecular flexibility index (Phi) is 6.22. The van der Waals surface area contributed by atoms with E-state index in [0.717, 1.165) is 0 Å². The molecule has 1 aromatic carbocycles. The van der Waals surface area contributed by atoms with E-state index in [2.05, 4.69) is 4.74 Å². The van der Waals surface area contributed by atoms with Gasteiger partial charge in [0.25, 0.3) is 0 Å². The number of nitrogens with two attached hydrogens (primary N) is 1. The second-order valence-corrected chi connectivity index (χ2v) is 4.99. The van der Waals surface area contributed by atoms with Crippen molar-refractivity contribution in [3.05, 3.63) is 28.8 Å². The smallest absolute Gasteiger partial charge is 0.346 e. The van der Waals surface area contributed by atoms with E-state index in [1.807, 2.05) is 0 Å². The Labute approximate surface area is 133 Å². The highest BCUT2D eigenvalue weighted by molar-refractivity contribution is 5.99. The molecule has 8 nitrogen and oxygen atoms in total. The predicted octanol–water partition coefficient (Wildman–Crippen LogP) is -0.585. The van der Waals surface area contributed by atoms with E-state index >= 15 is 0 Å². The van der Waals surface area contributed by atoms with Crippen molar-refractivity contribution in [1.29, 1.82) is 0 Å². The number of hydrogen-bond acceptors (Lipinski definition) is 8. The first-order valence-corrected chi connectivity index (χ1v) is 7.11. The molecule has 0 radical (unpaired) electrons. The molecule has 0 aliphatic rings. The first-order chi connectivity index (χ1) is 10.7. The van der Waals surface area contributed by atoms with E-state index in [1.165, 1.54) is 19.1 Å². The van der Waals surface area contributed by atoms with Crippen LogP contribution in [0.1, 0.15) is 41.8 Å². The van der Waals surface area contributed by atoms with Gasteiger partial charge in [0.15, 0.2) is 11.9 Å². The minimum Gasteiger partial charge on any atom is -0.398 e. The lowest BCUT2D eigenvalue weighted by Gasteiger charge is -2.26. The molecule has 0 saturated heterocycles. The molecule has 0 aliphatic heterocycles. The highest BCUT2D eigenvalue weighted by atomic mass is 16.6. The lowest BCUT2D eigenvalue weighted by Crippen LogP contribution is -2.32. The van der Waals surface area contributed by atoms with Crippen LogP contribution in [0.4, 0.5) is 5.69 Å². The Morgan fingerprint density at radius 2 is 1.91 bits per heavy atom. The summed E-state index contributed by atoms with van der Waals surface area (Å²) in [5.74, 6) is -4.85. The molecule has 8 heteroatoms. The van der Waals surface area contributed by atoms with Gasteiger partial charge in [-0.3, -0.25) is 0 Å². The molecule has 1 rings (SSSR count). The molecule has 1 unspecified atom stereocenters. The van der Waals surface area contributed by atoms with E-state index in [0.29, 0.717) is 12.0 Å². The number of benzene rings is 1. The zero-order valence-corrected chi connectivity index (χ0v) is 12.9. The minimum atomic E-state index is -2.34. The standard InChI is InChI=1S/C15H21NO7/c1-3-8-10(16)6-5-9(12(8)15(21,22)4-2)13(19)23-14(20)11(18)7-17/h5-6,11,17-18,21-22H,3-4,7,16H2,1-2H3. The fourth-order valence-corrected chi connectivity index (χ4v) is 2.14. The van der Waals surface area contributed by atoms with Crippen LogP contribution in [-0.4, -0.2) is 45.1 Å². The summed E-state index contributed by atoms with van der Waals surface area (Å²) in [5, 5.41) is 38.2. The summed E-state index contributed by atoms with van der Waals surface area (Å²) >= 11 is 0. The average Bonchev–Trinajstić information content (AvgIpc) is 2.53. The van der Waals surface area contributed by atoms with Crippen molar-refractivity contribution >= 4 is 17.6 Å². The zero-order valence-electron chi connectivity index (χ0n) is 12.9. The normalized spacial score (nSPS) is 12.8. The summed E-state index contributed by atoms with van der Waals surface area (Å²) in [7, 11) is 0. The SMILES string of the molecule is CCc1c(N)ccc(C(=O)OC(=O)C(O)CO)c1C(O)(O)CC. The van der Waals surface area contributed by atoms with Crippen molar-refractivity contribution in [3.63, 3.8) is 0 Å². The number of carbonyl (C=O) groups excluding carboxylic acids is 2. The molecule has 0 aliphatic carbocycles. The van der Waals surface area contributed by atoms with Crippen LogP contribution in [-0.2, 0) is 21.7 Å². The molecule has 128 valence electrons. The summed E-state index contributed by atoms with van der Waals surface area (Å²) in [6, 6.07) is 2.60. The fraction of sp³-hybridized carbons (Fsp3) is 0.467. The molecular weight excluding hydrogens is 306 g/mol. The van der Waals surface area contributed by atoms with E-state index in [4.69, 9.17) is 15.9 Å². The molecule has 6 N–H and O–H groups in total. The molecule has 0 bridgehead atoms. The quantitative estimate of drug-likeness (QED) is 0.201. The second kappa shape index (κ2) is 7.51. The number of esters is 2. The third-order valence-electron chi connectivity index (χ3n) is 3.45. The maximum absolute atomic E-state index is 12.1. The van der Waals surface area contributed by atoms with E-state index in [9.17, 15) is 19.8 Å². The lowest BCUT2D eigenvalue weighted by molar-refractivity contribution is -0.172. The van der Waals surface area contributed by atoms with Gasteiger partial charge < -0.3 is 30.9 Å². The van der Waals surface area contributed by atoms with Gasteiger partial charge in [-0.2, -0.15) is 0 Å². The monoisotopic (exact) mass is 327 g/mol. The van der Waals surface area contributed by atoms with Crippen LogP contribution in [0.3, 0.4) is 0 Å². The van der Waals surface area contributed by atoms with Gasteiger partial charge in [-0.05, 0) is 24.1 Å². The van der Waals surface area contributed by atoms with Crippen molar-refractivity contribution in [3.8, 4) is 0 Å². The highest BCUT2D eigenvalue weighted by Crippen LogP contribution is 2.33. The molecule has 0 amide bonds. The maximum atomic E-state index is 12.1. The Morgan fingerprint density at radius 3 is 2.39 bits per heavy atom. The van der Waals surface area contributed by atoms with Crippen LogP contribution >= 0.6 is 0 Å². The van der Waals surface area contributed by atoms with Crippen molar-refractivity contribution in [1.82, 2.24) is 0 Å². The predicted molar refractivity (Wildman–Crippen MR) is 80.2 cm³/mol. The van der Waals surface area contributed by atoms with Crippen molar-refractivity contribution < 1.29 is 34.8 Å². The van der Waals surface area contributed by atoms with Crippen molar-refractivity contribution in [2.75, 3.05) is 12.3 Å². The van der Waals surface area contributed by atoms with Gasteiger partial charge in [0.05, 0.1) is 12.2 Å². The Morgan fingerprint density at radius 1 is 1.30 bits per heavy atom. The van der Waals surface area contributed by atoms with Crippen LogP contribution in [0, 0.1) is 0 Å². The summed E-state index contributed by atoms with van der Waals surface area (Å²) in [4.78, 5) is 23.5.